The predicted molar refractivity (Wildman–Crippen MR) is 167 cm³/mol. The van der Waals surface area contributed by atoms with Gasteiger partial charge >= 0.3 is 6.03 Å². The number of hydrogen-bond donors (Lipinski definition) is 3. The number of carbonyl (C=O) groups excluding carboxylic acids is 2. The van der Waals surface area contributed by atoms with Crippen molar-refractivity contribution in [1.29, 1.82) is 0 Å². The molecule has 1 aromatic heterocycles. The van der Waals surface area contributed by atoms with Crippen molar-refractivity contribution >= 4 is 44.1 Å². The number of amides is 3. The van der Waals surface area contributed by atoms with E-state index in [1.54, 1.807) is 41.6 Å². The number of urea groups is 1. The minimum absolute atomic E-state index is 0.0114. The number of rotatable bonds is 8. The Morgan fingerprint density at radius 3 is 2.64 bits per heavy atom. The summed E-state index contributed by atoms with van der Waals surface area (Å²) in [7, 11) is -0.751. The van der Waals surface area contributed by atoms with Crippen molar-refractivity contribution in [3.8, 4) is 5.75 Å². The Kier molecular flexibility index (Phi) is 8.90. The number of aryl methyl sites for hydroxylation is 1. The molecule has 0 fully saturated rings. The molecule has 0 spiro atoms. The number of imidazole rings is 1. The summed E-state index contributed by atoms with van der Waals surface area (Å²) in [6, 6.07) is 17.0. The van der Waals surface area contributed by atoms with Gasteiger partial charge in [-0.2, -0.15) is 4.31 Å². The Bertz CT molecular complexity index is 1790. The number of hydrogen-bond acceptors (Lipinski definition) is 7. The van der Waals surface area contributed by atoms with E-state index in [2.05, 4.69) is 15.6 Å². The first-order chi connectivity index (χ1) is 21.0. The number of benzene rings is 3. The van der Waals surface area contributed by atoms with Crippen LogP contribution in [-0.4, -0.2) is 83.1 Å². The largest absolute Gasteiger partial charge is 0.488 e. The zero-order valence-corrected chi connectivity index (χ0v) is 25.8. The lowest BCUT2D eigenvalue weighted by Gasteiger charge is -2.38. The van der Waals surface area contributed by atoms with Crippen LogP contribution >= 0.6 is 0 Å². The highest BCUT2D eigenvalue weighted by atomic mass is 32.2. The molecular weight excluding hydrogens is 584 g/mol. The maximum atomic E-state index is 13.8. The number of nitrogens with one attached hydrogen (secondary N) is 2. The van der Waals surface area contributed by atoms with Crippen LogP contribution in [0.5, 0.6) is 5.75 Å². The van der Waals surface area contributed by atoms with E-state index in [1.165, 1.54) is 29.9 Å². The van der Waals surface area contributed by atoms with Crippen LogP contribution in [0.25, 0.3) is 10.8 Å². The molecule has 5 rings (SSSR count). The SMILES string of the molecule is C[C@H]1CN([C@@H](C)CO)C(=O)c2cc(NC(=O)Nc3cccc4ccccc34)ccc2O[C@@H]1CN(C)S(=O)(=O)c1cn(C)cn1. The molecule has 1 aliphatic rings. The Morgan fingerprint density at radius 1 is 1.16 bits per heavy atom. The van der Waals surface area contributed by atoms with Crippen molar-refractivity contribution in [3.63, 3.8) is 0 Å². The molecule has 2 heterocycles. The number of aliphatic hydroxyl groups excluding tert-OH is 1. The van der Waals surface area contributed by atoms with Gasteiger partial charge in [0, 0.05) is 43.8 Å². The second-order valence-corrected chi connectivity index (χ2v) is 13.1. The third-order valence-electron chi connectivity index (χ3n) is 7.75. The highest BCUT2D eigenvalue weighted by molar-refractivity contribution is 7.89. The molecule has 12 nitrogen and oxygen atoms in total. The molecule has 3 N–H and O–H groups in total. The van der Waals surface area contributed by atoms with E-state index in [0.29, 0.717) is 11.4 Å². The van der Waals surface area contributed by atoms with Crippen LogP contribution in [0.4, 0.5) is 16.2 Å². The minimum atomic E-state index is -3.90. The van der Waals surface area contributed by atoms with Crippen LogP contribution in [0, 0.1) is 5.92 Å². The fraction of sp³-hybridized carbons (Fsp3) is 0.323. The summed E-state index contributed by atoms with van der Waals surface area (Å²) in [5.41, 5.74) is 1.17. The van der Waals surface area contributed by atoms with Crippen LogP contribution in [-0.2, 0) is 17.1 Å². The zero-order valence-electron chi connectivity index (χ0n) is 25.0. The number of anilines is 2. The quantitative estimate of drug-likeness (QED) is 0.272. The third kappa shape index (κ3) is 6.39. The lowest BCUT2D eigenvalue weighted by atomic mass is 9.99. The third-order valence-corrected chi connectivity index (χ3v) is 9.46. The van der Waals surface area contributed by atoms with Crippen molar-refractivity contribution in [1.82, 2.24) is 18.8 Å². The number of likely N-dealkylation sites (N-methyl/N-ethyl adjacent to an activating group) is 1. The van der Waals surface area contributed by atoms with E-state index in [-0.39, 0.29) is 47.9 Å². The molecule has 0 radical (unpaired) electrons. The van der Waals surface area contributed by atoms with Gasteiger partial charge in [-0.3, -0.25) is 4.79 Å². The molecule has 232 valence electrons. The molecule has 13 heteroatoms. The van der Waals surface area contributed by atoms with Gasteiger partial charge in [0.1, 0.15) is 11.9 Å². The fourth-order valence-electron chi connectivity index (χ4n) is 5.17. The summed E-state index contributed by atoms with van der Waals surface area (Å²) in [5.74, 6) is -0.434. The van der Waals surface area contributed by atoms with Gasteiger partial charge in [-0.05, 0) is 36.6 Å². The Morgan fingerprint density at radius 2 is 1.91 bits per heavy atom. The number of nitrogens with zero attached hydrogens (tertiary/aromatic N) is 4. The number of aromatic nitrogens is 2. The molecule has 0 aliphatic carbocycles. The Hall–Kier alpha value is -4.46. The summed E-state index contributed by atoms with van der Waals surface area (Å²) in [5, 5.41) is 17.4. The smallest absolute Gasteiger partial charge is 0.323 e. The second-order valence-electron chi connectivity index (χ2n) is 11.1. The lowest BCUT2D eigenvalue weighted by molar-refractivity contribution is 0.0387. The van der Waals surface area contributed by atoms with Gasteiger partial charge in [-0.25, -0.2) is 18.2 Å². The summed E-state index contributed by atoms with van der Waals surface area (Å²) < 4.78 is 35.5. The van der Waals surface area contributed by atoms with Gasteiger partial charge in [0.05, 0.1) is 36.8 Å². The maximum Gasteiger partial charge on any atom is 0.323 e. The van der Waals surface area contributed by atoms with Crippen LogP contribution in [0.1, 0.15) is 24.2 Å². The van der Waals surface area contributed by atoms with Crippen LogP contribution < -0.4 is 15.4 Å². The molecule has 44 heavy (non-hydrogen) atoms. The summed E-state index contributed by atoms with van der Waals surface area (Å²) in [4.78, 5) is 32.3. The van der Waals surface area contributed by atoms with Gasteiger partial charge in [0.25, 0.3) is 15.9 Å². The van der Waals surface area contributed by atoms with Gasteiger partial charge in [0.2, 0.25) is 0 Å². The number of ether oxygens (including phenoxy) is 1. The van der Waals surface area contributed by atoms with Crippen molar-refractivity contribution in [3.05, 3.63) is 78.8 Å². The molecule has 0 bridgehead atoms. The molecule has 0 saturated heterocycles. The molecule has 3 amide bonds. The Balaban J connectivity index is 1.41. The van der Waals surface area contributed by atoms with Crippen LogP contribution in [0.15, 0.2) is 78.2 Å². The standard InChI is InChI=1S/C31H36N6O6S/c1-20-15-37(21(2)18-38)30(39)25-14-23(33-31(40)34-26-11-7-9-22-8-5-6-10-24(22)26)12-13-27(25)43-28(20)16-36(4)44(41,42)29-17-35(3)19-32-29/h5-14,17,19-21,28,38H,15-16,18H2,1-4H3,(H2,33,34,40)/t20-,21-,28+/m0/s1. The maximum absolute atomic E-state index is 13.8. The molecule has 0 saturated carbocycles. The molecule has 3 atom stereocenters. The van der Waals surface area contributed by atoms with E-state index in [9.17, 15) is 23.1 Å². The monoisotopic (exact) mass is 620 g/mol. The Labute approximate surface area is 256 Å². The zero-order chi connectivity index (χ0) is 31.6. The topological polar surface area (TPSA) is 146 Å². The molecule has 4 aromatic rings. The van der Waals surface area contributed by atoms with Gasteiger partial charge < -0.3 is 29.9 Å². The highest BCUT2D eigenvalue weighted by Crippen LogP contribution is 2.31. The molecule has 1 aliphatic heterocycles. The van der Waals surface area contributed by atoms with Crippen LogP contribution in [0.3, 0.4) is 0 Å². The normalized spacial score (nSPS) is 17.9. The van der Waals surface area contributed by atoms with Crippen molar-refractivity contribution in [2.75, 3.05) is 37.4 Å². The van der Waals surface area contributed by atoms with E-state index < -0.39 is 28.2 Å². The average Bonchev–Trinajstić information content (AvgIpc) is 3.46. The van der Waals surface area contributed by atoms with Crippen LogP contribution in [0.2, 0.25) is 0 Å². The van der Waals surface area contributed by atoms with E-state index in [1.807, 2.05) is 43.3 Å². The minimum Gasteiger partial charge on any atom is -0.488 e. The first kappa shape index (κ1) is 31.0. The van der Waals surface area contributed by atoms with Gasteiger partial charge in [0.15, 0.2) is 5.03 Å². The summed E-state index contributed by atoms with van der Waals surface area (Å²) in [6.07, 6.45) is 2.20. The van der Waals surface area contributed by atoms with Crippen molar-refractivity contribution < 1.29 is 27.9 Å². The van der Waals surface area contributed by atoms with Crippen molar-refractivity contribution in [2.24, 2.45) is 13.0 Å². The predicted octanol–water partition coefficient (Wildman–Crippen LogP) is 3.76. The summed E-state index contributed by atoms with van der Waals surface area (Å²) in [6.45, 7) is 3.54. The van der Waals surface area contributed by atoms with Gasteiger partial charge in [-0.1, -0.05) is 43.3 Å². The molecule has 3 aromatic carbocycles. The van der Waals surface area contributed by atoms with Gasteiger partial charge in [-0.15, -0.1) is 0 Å². The number of fused-ring (bicyclic) bond motifs is 2. The lowest BCUT2D eigenvalue weighted by Crippen LogP contribution is -2.50. The number of carbonyl (C=O) groups is 2. The van der Waals surface area contributed by atoms with E-state index in [0.717, 1.165) is 10.8 Å². The summed E-state index contributed by atoms with van der Waals surface area (Å²) >= 11 is 0. The first-order valence-corrected chi connectivity index (χ1v) is 15.6. The number of sulfonamides is 1. The second kappa shape index (κ2) is 12.6. The van der Waals surface area contributed by atoms with E-state index >= 15 is 0 Å². The first-order valence-electron chi connectivity index (χ1n) is 14.2. The molecule has 0 unspecified atom stereocenters. The number of aliphatic hydroxyl groups is 1. The molecular formula is C31H36N6O6S. The van der Waals surface area contributed by atoms with Crippen molar-refractivity contribution in [2.45, 2.75) is 31.0 Å². The fourth-order valence-corrected chi connectivity index (χ4v) is 6.31. The average molecular weight is 621 g/mol. The van der Waals surface area contributed by atoms with E-state index in [4.69, 9.17) is 4.74 Å². The highest BCUT2D eigenvalue weighted by Gasteiger charge is 2.35.